The van der Waals surface area contributed by atoms with Crippen LogP contribution in [0, 0.1) is 5.92 Å². The van der Waals surface area contributed by atoms with Crippen LogP contribution in [-0.2, 0) is 12.5 Å². The van der Waals surface area contributed by atoms with Crippen molar-refractivity contribution < 1.29 is 0 Å². The largest absolute Gasteiger partial charge is 0.256 e. The monoisotopic (exact) mass is 165 g/mol. The highest BCUT2D eigenvalue weighted by molar-refractivity contribution is 5.17. The number of aryl methyl sites for hydroxylation is 1. The van der Waals surface area contributed by atoms with Crippen molar-refractivity contribution in [2.75, 3.05) is 0 Å². The topological polar surface area (TPSA) is 30.7 Å². The summed E-state index contributed by atoms with van der Waals surface area (Å²) >= 11 is 0. The van der Waals surface area contributed by atoms with Crippen LogP contribution >= 0.6 is 0 Å². The third-order valence-electron chi connectivity index (χ3n) is 2.94. The van der Waals surface area contributed by atoms with Crippen molar-refractivity contribution >= 4 is 0 Å². The fourth-order valence-corrected chi connectivity index (χ4v) is 1.76. The summed E-state index contributed by atoms with van der Waals surface area (Å²) in [4.78, 5) is 4.32. The molecular weight excluding hydrogens is 150 g/mol. The Morgan fingerprint density at radius 2 is 2.17 bits per heavy atom. The molecule has 1 aliphatic rings. The molecule has 66 valence electrons. The van der Waals surface area contributed by atoms with Gasteiger partial charge in [0, 0.05) is 12.5 Å². The first kappa shape index (κ1) is 7.77. The first-order valence-electron chi connectivity index (χ1n) is 4.51. The summed E-state index contributed by atoms with van der Waals surface area (Å²) in [5, 5.41) is 4.37. The van der Waals surface area contributed by atoms with Crippen LogP contribution in [0.15, 0.2) is 6.33 Å². The van der Waals surface area contributed by atoms with Crippen LogP contribution in [0.25, 0.3) is 0 Å². The average Bonchev–Trinajstić information content (AvgIpc) is 2.71. The van der Waals surface area contributed by atoms with E-state index < -0.39 is 0 Å². The molecule has 1 saturated carbocycles. The molecule has 0 bridgehead atoms. The van der Waals surface area contributed by atoms with E-state index >= 15 is 0 Å². The second kappa shape index (κ2) is 2.31. The van der Waals surface area contributed by atoms with Gasteiger partial charge in [-0.05, 0) is 18.8 Å². The molecule has 0 aromatic carbocycles. The van der Waals surface area contributed by atoms with Crippen molar-refractivity contribution in [1.29, 1.82) is 0 Å². The minimum absolute atomic E-state index is 0.321. The van der Waals surface area contributed by atoms with Gasteiger partial charge in [-0.1, -0.05) is 13.8 Å². The number of rotatable bonds is 2. The van der Waals surface area contributed by atoms with Gasteiger partial charge >= 0.3 is 0 Å². The summed E-state index contributed by atoms with van der Waals surface area (Å²) in [6, 6.07) is 0. The molecule has 3 nitrogen and oxygen atoms in total. The minimum Gasteiger partial charge on any atom is -0.256 e. The normalized spacial score (nSPS) is 20.0. The van der Waals surface area contributed by atoms with Gasteiger partial charge in [-0.25, -0.2) is 4.98 Å². The predicted molar refractivity (Wildman–Crippen MR) is 46.8 cm³/mol. The summed E-state index contributed by atoms with van der Waals surface area (Å²) in [5.41, 5.74) is 0.321. The van der Waals surface area contributed by atoms with Gasteiger partial charge < -0.3 is 0 Å². The predicted octanol–water partition coefficient (Wildman–Crippen LogP) is 1.50. The van der Waals surface area contributed by atoms with Crippen LogP contribution in [0.3, 0.4) is 0 Å². The standard InChI is InChI=1S/C9H15N3/c1-7(2)9(4-5-9)8-10-6-12(3)11-8/h6-7H,4-5H2,1-3H3. The molecule has 0 N–H and O–H groups in total. The van der Waals surface area contributed by atoms with Gasteiger partial charge in [0.25, 0.3) is 0 Å². The molecule has 1 aromatic heterocycles. The maximum absolute atomic E-state index is 4.37. The third-order valence-corrected chi connectivity index (χ3v) is 2.94. The molecule has 1 fully saturated rings. The van der Waals surface area contributed by atoms with E-state index in [1.165, 1.54) is 12.8 Å². The van der Waals surface area contributed by atoms with Crippen molar-refractivity contribution in [3.63, 3.8) is 0 Å². The Bertz CT molecular complexity index is 284. The highest BCUT2D eigenvalue weighted by Crippen LogP contribution is 2.52. The first-order valence-corrected chi connectivity index (χ1v) is 4.51. The van der Waals surface area contributed by atoms with E-state index in [9.17, 15) is 0 Å². The van der Waals surface area contributed by atoms with Crippen molar-refractivity contribution in [3.8, 4) is 0 Å². The Hall–Kier alpha value is -0.860. The van der Waals surface area contributed by atoms with E-state index in [0.29, 0.717) is 11.3 Å². The van der Waals surface area contributed by atoms with Crippen LogP contribution < -0.4 is 0 Å². The maximum atomic E-state index is 4.37. The number of hydrogen-bond donors (Lipinski definition) is 0. The minimum atomic E-state index is 0.321. The molecule has 0 radical (unpaired) electrons. The van der Waals surface area contributed by atoms with Gasteiger partial charge in [0.15, 0.2) is 5.82 Å². The molecule has 2 rings (SSSR count). The van der Waals surface area contributed by atoms with Gasteiger partial charge in [0.2, 0.25) is 0 Å². The highest BCUT2D eigenvalue weighted by atomic mass is 15.3. The van der Waals surface area contributed by atoms with Gasteiger partial charge in [0.05, 0.1) is 0 Å². The van der Waals surface area contributed by atoms with E-state index in [4.69, 9.17) is 0 Å². The van der Waals surface area contributed by atoms with Gasteiger partial charge in [-0.3, -0.25) is 4.68 Å². The zero-order valence-electron chi connectivity index (χ0n) is 7.91. The molecule has 0 atom stereocenters. The fourth-order valence-electron chi connectivity index (χ4n) is 1.76. The van der Waals surface area contributed by atoms with E-state index in [0.717, 1.165) is 5.82 Å². The highest BCUT2D eigenvalue weighted by Gasteiger charge is 2.49. The lowest BCUT2D eigenvalue weighted by molar-refractivity contribution is 0.454. The van der Waals surface area contributed by atoms with Crippen molar-refractivity contribution in [2.24, 2.45) is 13.0 Å². The lowest BCUT2D eigenvalue weighted by Crippen LogP contribution is -2.16. The average molecular weight is 165 g/mol. The van der Waals surface area contributed by atoms with Gasteiger partial charge in [-0.15, -0.1) is 0 Å². The van der Waals surface area contributed by atoms with Crippen LogP contribution in [0.1, 0.15) is 32.5 Å². The second-order valence-electron chi connectivity index (χ2n) is 4.05. The molecule has 1 aliphatic carbocycles. The molecular formula is C9H15N3. The molecule has 3 heteroatoms. The Kier molecular flexibility index (Phi) is 1.50. The van der Waals surface area contributed by atoms with E-state index in [1.54, 1.807) is 11.0 Å². The van der Waals surface area contributed by atoms with Crippen LogP contribution in [-0.4, -0.2) is 14.8 Å². The summed E-state index contributed by atoms with van der Waals surface area (Å²) in [6.07, 6.45) is 4.31. The van der Waals surface area contributed by atoms with Crippen molar-refractivity contribution in [3.05, 3.63) is 12.2 Å². The SMILES string of the molecule is CC(C)C1(c2ncn(C)n2)CC1. The van der Waals surface area contributed by atoms with Crippen molar-refractivity contribution in [1.82, 2.24) is 14.8 Å². The smallest absolute Gasteiger partial charge is 0.156 e. The quantitative estimate of drug-likeness (QED) is 0.665. The zero-order chi connectivity index (χ0) is 8.77. The number of aromatic nitrogens is 3. The summed E-state index contributed by atoms with van der Waals surface area (Å²) < 4.78 is 1.79. The second-order valence-corrected chi connectivity index (χ2v) is 4.05. The van der Waals surface area contributed by atoms with Crippen LogP contribution in [0.5, 0.6) is 0 Å². The molecule has 0 saturated heterocycles. The summed E-state index contributed by atoms with van der Waals surface area (Å²) in [5.74, 6) is 1.71. The molecule has 0 amide bonds. The van der Waals surface area contributed by atoms with Gasteiger partial charge in [0.1, 0.15) is 6.33 Å². The Morgan fingerprint density at radius 1 is 1.50 bits per heavy atom. The molecule has 0 spiro atoms. The summed E-state index contributed by atoms with van der Waals surface area (Å²) in [7, 11) is 1.92. The fraction of sp³-hybridized carbons (Fsp3) is 0.778. The van der Waals surface area contributed by atoms with Crippen LogP contribution in [0.2, 0.25) is 0 Å². The van der Waals surface area contributed by atoms with E-state index in [2.05, 4.69) is 23.9 Å². The van der Waals surface area contributed by atoms with E-state index in [1.807, 2.05) is 7.05 Å². The molecule has 1 heterocycles. The Balaban J connectivity index is 2.30. The molecule has 0 unspecified atom stereocenters. The number of nitrogens with zero attached hydrogens (tertiary/aromatic N) is 3. The first-order chi connectivity index (χ1) is 5.65. The van der Waals surface area contributed by atoms with Crippen LogP contribution in [0.4, 0.5) is 0 Å². The molecule has 12 heavy (non-hydrogen) atoms. The van der Waals surface area contributed by atoms with E-state index in [-0.39, 0.29) is 0 Å². The zero-order valence-corrected chi connectivity index (χ0v) is 7.91. The van der Waals surface area contributed by atoms with Gasteiger partial charge in [-0.2, -0.15) is 5.10 Å². The Labute approximate surface area is 72.8 Å². The van der Waals surface area contributed by atoms with Crippen molar-refractivity contribution in [2.45, 2.75) is 32.1 Å². The maximum Gasteiger partial charge on any atom is 0.156 e. The summed E-state index contributed by atoms with van der Waals surface area (Å²) in [6.45, 7) is 4.51. The third kappa shape index (κ3) is 0.958. The lowest BCUT2D eigenvalue weighted by Gasteiger charge is -2.14. The Morgan fingerprint density at radius 3 is 2.50 bits per heavy atom. The number of hydrogen-bond acceptors (Lipinski definition) is 2. The molecule has 1 aromatic rings. The molecule has 0 aliphatic heterocycles. The lowest BCUT2D eigenvalue weighted by atomic mass is 9.92.